The number of carbonyl (C=O) groups excluding carboxylic acids is 1. The Hall–Kier alpha value is -2.26. The standard InChI is InChI=1S/C19H20ClFN4O2S/c1-10-17(9-26)28-19(23-10)16(6-7-22)25-18(27)15-5-4-14(24-15)11-2-3-13(21)12(20)8-11/h2-5,8,16,24,26H,6-7,9,22H2,1H3,(H,25,27). The van der Waals surface area contributed by atoms with Gasteiger partial charge in [0.05, 0.1) is 28.2 Å². The van der Waals surface area contributed by atoms with Crippen molar-refractivity contribution in [3.8, 4) is 11.3 Å². The van der Waals surface area contributed by atoms with E-state index in [1.54, 1.807) is 18.2 Å². The Bertz CT molecular complexity index is 988. The van der Waals surface area contributed by atoms with Crippen LogP contribution in [-0.4, -0.2) is 27.5 Å². The summed E-state index contributed by atoms with van der Waals surface area (Å²) in [7, 11) is 0. The van der Waals surface area contributed by atoms with Crippen LogP contribution in [-0.2, 0) is 6.61 Å². The van der Waals surface area contributed by atoms with E-state index in [1.165, 1.54) is 23.5 Å². The Kier molecular flexibility index (Phi) is 6.46. The molecule has 28 heavy (non-hydrogen) atoms. The second-order valence-corrected chi connectivity index (χ2v) is 7.76. The molecule has 0 saturated heterocycles. The van der Waals surface area contributed by atoms with Gasteiger partial charge in [0.2, 0.25) is 0 Å². The Labute approximate surface area is 170 Å². The summed E-state index contributed by atoms with van der Waals surface area (Å²) in [5.41, 5.74) is 8.11. The second-order valence-electron chi connectivity index (χ2n) is 6.24. The lowest BCUT2D eigenvalue weighted by Crippen LogP contribution is -2.30. The highest BCUT2D eigenvalue weighted by Crippen LogP contribution is 2.27. The third-order valence-electron chi connectivity index (χ3n) is 4.27. The van der Waals surface area contributed by atoms with Gasteiger partial charge in [0.15, 0.2) is 0 Å². The number of nitrogens with two attached hydrogens (primary N) is 1. The van der Waals surface area contributed by atoms with Gasteiger partial charge in [0.1, 0.15) is 16.5 Å². The van der Waals surface area contributed by atoms with Crippen LogP contribution in [0.15, 0.2) is 30.3 Å². The predicted molar refractivity (Wildman–Crippen MR) is 108 cm³/mol. The number of thiazole rings is 1. The minimum absolute atomic E-state index is 0.0138. The zero-order valence-electron chi connectivity index (χ0n) is 15.1. The first-order valence-electron chi connectivity index (χ1n) is 8.65. The molecule has 2 heterocycles. The maximum Gasteiger partial charge on any atom is 0.268 e. The summed E-state index contributed by atoms with van der Waals surface area (Å²) in [4.78, 5) is 20.9. The molecule has 5 N–H and O–H groups in total. The number of aromatic nitrogens is 2. The Morgan fingerprint density at radius 1 is 1.43 bits per heavy atom. The lowest BCUT2D eigenvalue weighted by Gasteiger charge is -2.15. The first kappa shape index (κ1) is 20.5. The molecule has 1 atom stereocenters. The van der Waals surface area contributed by atoms with E-state index in [4.69, 9.17) is 17.3 Å². The van der Waals surface area contributed by atoms with Crippen molar-refractivity contribution in [3.63, 3.8) is 0 Å². The van der Waals surface area contributed by atoms with Crippen molar-refractivity contribution in [2.45, 2.75) is 26.0 Å². The fourth-order valence-electron chi connectivity index (χ4n) is 2.77. The highest BCUT2D eigenvalue weighted by atomic mass is 35.5. The zero-order valence-corrected chi connectivity index (χ0v) is 16.7. The number of H-pyrrole nitrogens is 1. The molecule has 0 aliphatic rings. The average molecular weight is 423 g/mol. The van der Waals surface area contributed by atoms with Gasteiger partial charge in [0.25, 0.3) is 5.91 Å². The third kappa shape index (κ3) is 4.41. The summed E-state index contributed by atoms with van der Waals surface area (Å²) in [5.74, 6) is -0.808. The first-order chi connectivity index (χ1) is 13.4. The molecule has 1 unspecified atom stereocenters. The largest absolute Gasteiger partial charge is 0.391 e. The fraction of sp³-hybridized carbons (Fsp3) is 0.263. The zero-order chi connectivity index (χ0) is 20.3. The summed E-state index contributed by atoms with van der Waals surface area (Å²) in [6, 6.07) is 7.38. The normalized spacial score (nSPS) is 12.2. The summed E-state index contributed by atoms with van der Waals surface area (Å²) < 4.78 is 13.3. The van der Waals surface area contributed by atoms with Crippen LogP contribution in [0.4, 0.5) is 4.39 Å². The number of aromatic amines is 1. The molecule has 6 nitrogen and oxygen atoms in total. The van der Waals surface area contributed by atoms with Crippen molar-refractivity contribution in [2.24, 2.45) is 5.73 Å². The Balaban J connectivity index is 1.78. The number of carbonyl (C=O) groups is 1. The summed E-state index contributed by atoms with van der Waals surface area (Å²) in [5, 5.41) is 13.0. The molecule has 148 valence electrons. The second kappa shape index (κ2) is 8.83. The number of aliphatic hydroxyl groups is 1. The summed E-state index contributed by atoms with van der Waals surface area (Å²) in [6.07, 6.45) is 0.519. The molecule has 0 bridgehead atoms. The molecular weight excluding hydrogens is 403 g/mol. The van der Waals surface area contributed by atoms with Crippen LogP contribution in [0.2, 0.25) is 5.02 Å². The van der Waals surface area contributed by atoms with Crippen LogP contribution < -0.4 is 11.1 Å². The van der Waals surface area contributed by atoms with E-state index in [2.05, 4.69) is 15.3 Å². The SMILES string of the molecule is Cc1nc(C(CCN)NC(=O)c2ccc(-c3ccc(F)c(Cl)c3)[nH]2)sc1CO. The van der Waals surface area contributed by atoms with Crippen LogP contribution in [0.25, 0.3) is 11.3 Å². The van der Waals surface area contributed by atoms with E-state index in [-0.39, 0.29) is 23.6 Å². The molecule has 9 heteroatoms. The highest BCUT2D eigenvalue weighted by molar-refractivity contribution is 7.11. The summed E-state index contributed by atoms with van der Waals surface area (Å²) in [6.45, 7) is 2.10. The van der Waals surface area contributed by atoms with Crippen molar-refractivity contribution in [3.05, 3.63) is 62.4 Å². The van der Waals surface area contributed by atoms with Crippen LogP contribution in [0.3, 0.4) is 0 Å². The van der Waals surface area contributed by atoms with E-state index in [1.807, 2.05) is 6.92 Å². The fourth-order valence-corrected chi connectivity index (χ4v) is 3.96. The van der Waals surface area contributed by atoms with Crippen molar-refractivity contribution in [2.75, 3.05) is 6.54 Å². The molecule has 0 aliphatic carbocycles. The number of benzene rings is 1. The third-order valence-corrected chi connectivity index (χ3v) is 5.82. The molecule has 0 aliphatic heterocycles. The maximum absolute atomic E-state index is 13.3. The van der Waals surface area contributed by atoms with Crippen LogP contribution in [0.5, 0.6) is 0 Å². The monoisotopic (exact) mass is 422 g/mol. The molecule has 0 fully saturated rings. The number of nitrogens with zero attached hydrogens (tertiary/aromatic N) is 1. The van der Waals surface area contributed by atoms with Crippen LogP contribution >= 0.6 is 22.9 Å². The molecule has 3 rings (SSSR count). The van der Waals surface area contributed by atoms with E-state index in [0.29, 0.717) is 34.9 Å². The molecule has 1 amide bonds. The summed E-state index contributed by atoms with van der Waals surface area (Å²) >= 11 is 7.19. The van der Waals surface area contributed by atoms with Gasteiger partial charge < -0.3 is 21.1 Å². The van der Waals surface area contributed by atoms with Crippen LogP contribution in [0.1, 0.15) is 38.5 Å². The minimum atomic E-state index is -0.499. The molecule has 3 aromatic rings. The molecule has 0 spiro atoms. The highest BCUT2D eigenvalue weighted by Gasteiger charge is 2.21. The van der Waals surface area contributed by atoms with Crippen molar-refractivity contribution in [1.29, 1.82) is 0 Å². The first-order valence-corrected chi connectivity index (χ1v) is 9.84. The molecule has 0 saturated carbocycles. The van der Waals surface area contributed by atoms with E-state index in [0.717, 1.165) is 10.6 Å². The average Bonchev–Trinajstić information content (AvgIpc) is 3.30. The number of hydrogen-bond acceptors (Lipinski definition) is 5. The van der Waals surface area contributed by atoms with E-state index >= 15 is 0 Å². The van der Waals surface area contributed by atoms with E-state index < -0.39 is 5.82 Å². The quantitative estimate of drug-likeness (QED) is 0.467. The van der Waals surface area contributed by atoms with Gasteiger partial charge in [-0.1, -0.05) is 11.6 Å². The van der Waals surface area contributed by atoms with Crippen molar-refractivity contribution < 1.29 is 14.3 Å². The van der Waals surface area contributed by atoms with Gasteiger partial charge in [-0.25, -0.2) is 9.37 Å². The van der Waals surface area contributed by atoms with Gasteiger partial charge in [-0.3, -0.25) is 4.79 Å². The van der Waals surface area contributed by atoms with Gasteiger partial charge in [-0.05, 0) is 55.8 Å². The molecule has 2 aromatic heterocycles. The number of amides is 1. The number of hydrogen-bond donors (Lipinski definition) is 4. The molecule has 1 aromatic carbocycles. The van der Waals surface area contributed by atoms with Crippen molar-refractivity contribution >= 4 is 28.8 Å². The van der Waals surface area contributed by atoms with E-state index in [9.17, 15) is 14.3 Å². The Morgan fingerprint density at radius 2 is 2.21 bits per heavy atom. The lowest BCUT2D eigenvalue weighted by atomic mass is 10.1. The number of nitrogens with one attached hydrogen (secondary N) is 2. The van der Waals surface area contributed by atoms with Gasteiger partial charge in [-0.15, -0.1) is 11.3 Å². The molecule has 0 radical (unpaired) electrons. The van der Waals surface area contributed by atoms with Gasteiger partial charge >= 0.3 is 0 Å². The number of aryl methyl sites for hydroxylation is 1. The van der Waals surface area contributed by atoms with Crippen molar-refractivity contribution in [1.82, 2.24) is 15.3 Å². The number of aliphatic hydroxyl groups excluding tert-OH is 1. The number of halogens is 2. The minimum Gasteiger partial charge on any atom is -0.391 e. The molecular formula is C19H20ClFN4O2S. The van der Waals surface area contributed by atoms with Gasteiger partial charge in [-0.2, -0.15) is 0 Å². The topological polar surface area (TPSA) is 104 Å². The number of rotatable bonds is 7. The van der Waals surface area contributed by atoms with Crippen LogP contribution in [0, 0.1) is 12.7 Å². The van der Waals surface area contributed by atoms with Gasteiger partial charge in [0, 0.05) is 5.69 Å². The lowest BCUT2D eigenvalue weighted by molar-refractivity contribution is 0.0930. The predicted octanol–water partition coefficient (Wildman–Crippen LogP) is 3.55. The smallest absolute Gasteiger partial charge is 0.268 e. The maximum atomic E-state index is 13.3. The Morgan fingerprint density at radius 3 is 2.86 bits per heavy atom.